The van der Waals surface area contributed by atoms with Crippen molar-refractivity contribution in [2.75, 3.05) is 5.32 Å². The van der Waals surface area contributed by atoms with Gasteiger partial charge in [0.25, 0.3) is 5.91 Å². The van der Waals surface area contributed by atoms with Gasteiger partial charge in [0, 0.05) is 28.4 Å². The van der Waals surface area contributed by atoms with Gasteiger partial charge in [-0.25, -0.2) is 0 Å². The molecule has 1 amide bonds. The van der Waals surface area contributed by atoms with Gasteiger partial charge in [0.05, 0.1) is 0 Å². The number of benzene rings is 2. The molecule has 2 N–H and O–H groups in total. The van der Waals surface area contributed by atoms with Crippen molar-refractivity contribution in [2.45, 2.75) is 13.5 Å². The highest BCUT2D eigenvalue weighted by Crippen LogP contribution is 2.25. The highest BCUT2D eigenvalue weighted by molar-refractivity contribution is 6.10. The number of nitrogens with zero attached hydrogens (tertiary/aromatic N) is 2. The number of carboxylic acids is 1. The molecule has 134 valence electrons. The van der Waals surface area contributed by atoms with E-state index < -0.39 is 11.9 Å². The van der Waals surface area contributed by atoms with Crippen LogP contribution in [0.4, 0.5) is 5.69 Å². The third kappa shape index (κ3) is 4.05. The minimum Gasteiger partial charge on any atom is -0.480 e. The number of anilines is 1. The molecule has 3 rings (SSSR count). The van der Waals surface area contributed by atoms with Crippen LogP contribution in [0, 0.1) is 18.3 Å². The molecule has 0 radical (unpaired) electrons. The van der Waals surface area contributed by atoms with Crippen LogP contribution in [0.15, 0.2) is 60.3 Å². The second kappa shape index (κ2) is 7.58. The van der Waals surface area contributed by atoms with Crippen LogP contribution in [0.25, 0.3) is 17.0 Å². The summed E-state index contributed by atoms with van der Waals surface area (Å²) in [6, 6.07) is 16.4. The van der Waals surface area contributed by atoms with E-state index in [0.29, 0.717) is 11.3 Å². The fraction of sp³-hybridized carbons (Fsp3) is 0.0952. The summed E-state index contributed by atoms with van der Waals surface area (Å²) in [7, 11) is 0. The Bertz CT molecular complexity index is 1090. The van der Waals surface area contributed by atoms with Crippen molar-refractivity contribution >= 4 is 34.5 Å². The molecule has 27 heavy (non-hydrogen) atoms. The van der Waals surface area contributed by atoms with Gasteiger partial charge < -0.3 is 15.0 Å². The zero-order valence-electron chi connectivity index (χ0n) is 14.6. The average molecular weight is 359 g/mol. The molecule has 0 fully saturated rings. The van der Waals surface area contributed by atoms with Gasteiger partial charge in [-0.15, -0.1) is 0 Å². The number of aromatic nitrogens is 1. The van der Waals surface area contributed by atoms with E-state index in [2.05, 4.69) is 5.32 Å². The molecule has 0 atom stereocenters. The molecule has 0 unspecified atom stereocenters. The van der Waals surface area contributed by atoms with Gasteiger partial charge in [-0.2, -0.15) is 5.26 Å². The summed E-state index contributed by atoms with van der Waals surface area (Å²) in [4.78, 5) is 23.6. The SMILES string of the molecule is Cc1ccc2c(c1)c(/C=C(\C#N)C(=O)Nc1ccccc1)cn2CC(=O)O. The fourth-order valence-corrected chi connectivity index (χ4v) is 2.85. The molecule has 0 aliphatic rings. The first-order valence-electron chi connectivity index (χ1n) is 8.27. The minimum atomic E-state index is -0.967. The van der Waals surface area contributed by atoms with Crippen LogP contribution in [0.1, 0.15) is 11.1 Å². The lowest BCUT2D eigenvalue weighted by molar-refractivity contribution is -0.137. The molecule has 0 saturated carbocycles. The number of aliphatic carboxylic acids is 1. The Morgan fingerprint density at radius 3 is 2.63 bits per heavy atom. The van der Waals surface area contributed by atoms with Gasteiger partial charge in [0.1, 0.15) is 18.2 Å². The van der Waals surface area contributed by atoms with Crippen LogP contribution in [0.5, 0.6) is 0 Å². The second-order valence-corrected chi connectivity index (χ2v) is 6.12. The number of carbonyl (C=O) groups is 2. The highest BCUT2D eigenvalue weighted by atomic mass is 16.4. The van der Waals surface area contributed by atoms with Crippen molar-refractivity contribution < 1.29 is 14.7 Å². The summed E-state index contributed by atoms with van der Waals surface area (Å²) in [5, 5.41) is 22.0. The molecule has 0 aliphatic heterocycles. The largest absolute Gasteiger partial charge is 0.480 e. The van der Waals surface area contributed by atoms with Gasteiger partial charge in [0.2, 0.25) is 0 Å². The maximum absolute atomic E-state index is 12.4. The molecule has 2 aromatic carbocycles. The number of aryl methyl sites for hydroxylation is 1. The smallest absolute Gasteiger partial charge is 0.323 e. The number of para-hydroxylation sites is 1. The van der Waals surface area contributed by atoms with Crippen molar-refractivity contribution in [1.82, 2.24) is 4.57 Å². The molecule has 6 heteroatoms. The number of hydrogen-bond acceptors (Lipinski definition) is 3. The number of rotatable bonds is 5. The minimum absolute atomic E-state index is 0.0604. The highest BCUT2D eigenvalue weighted by Gasteiger charge is 2.14. The topological polar surface area (TPSA) is 95.1 Å². The van der Waals surface area contributed by atoms with E-state index in [9.17, 15) is 14.9 Å². The summed E-state index contributed by atoms with van der Waals surface area (Å²) < 4.78 is 1.59. The van der Waals surface area contributed by atoms with Crippen molar-refractivity contribution in [3.63, 3.8) is 0 Å². The van der Waals surface area contributed by atoms with E-state index in [1.807, 2.05) is 37.3 Å². The van der Waals surface area contributed by atoms with Gasteiger partial charge >= 0.3 is 5.97 Å². The van der Waals surface area contributed by atoms with Crippen LogP contribution in [0.3, 0.4) is 0 Å². The second-order valence-electron chi connectivity index (χ2n) is 6.12. The number of hydrogen-bond donors (Lipinski definition) is 2. The molecule has 3 aromatic rings. The summed E-state index contributed by atoms with van der Waals surface area (Å²) in [6.45, 7) is 1.72. The van der Waals surface area contributed by atoms with Crippen LogP contribution in [-0.2, 0) is 16.1 Å². The first-order chi connectivity index (χ1) is 13.0. The fourth-order valence-electron chi connectivity index (χ4n) is 2.85. The predicted octanol–water partition coefficient (Wildman–Crippen LogP) is 3.58. The summed E-state index contributed by atoms with van der Waals surface area (Å²) in [5.41, 5.74) is 2.88. The number of carbonyl (C=O) groups excluding carboxylic acids is 1. The zero-order valence-corrected chi connectivity index (χ0v) is 14.6. The van der Waals surface area contributed by atoms with Crippen molar-refractivity contribution in [3.8, 4) is 6.07 Å². The molecule has 0 aliphatic carbocycles. The van der Waals surface area contributed by atoms with Crippen LogP contribution in [-0.4, -0.2) is 21.6 Å². The zero-order chi connectivity index (χ0) is 19.4. The lowest BCUT2D eigenvalue weighted by atomic mass is 10.1. The lowest BCUT2D eigenvalue weighted by Crippen LogP contribution is -2.13. The van der Waals surface area contributed by atoms with Gasteiger partial charge in [-0.1, -0.05) is 29.8 Å². The maximum atomic E-state index is 12.4. The molecule has 1 aromatic heterocycles. The van der Waals surface area contributed by atoms with Gasteiger partial charge in [-0.05, 0) is 37.3 Å². The van der Waals surface area contributed by atoms with E-state index >= 15 is 0 Å². The standard InChI is InChI=1S/C21H17N3O3/c1-14-7-8-19-18(9-14)16(12-24(19)13-20(25)26)10-15(11-22)21(27)23-17-5-3-2-4-6-17/h2-10,12H,13H2,1H3,(H,23,27)(H,25,26)/b15-10+. The predicted molar refractivity (Wildman–Crippen MR) is 103 cm³/mol. The number of nitrogens with one attached hydrogen (secondary N) is 1. The summed E-state index contributed by atoms with van der Waals surface area (Å²) in [6.07, 6.45) is 3.13. The van der Waals surface area contributed by atoms with Crippen LogP contribution < -0.4 is 5.32 Å². The molecule has 0 spiro atoms. The Kier molecular flexibility index (Phi) is 5.04. The van der Waals surface area contributed by atoms with Gasteiger partial charge in [0.15, 0.2) is 0 Å². The molecular formula is C21H17N3O3. The van der Waals surface area contributed by atoms with Crippen molar-refractivity contribution in [1.29, 1.82) is 5.26 Å². The van der Waals surface area contributed by atoms with E-state index in [-0.39, 0.29) is 12.1 Å². The number of amides is 1. The molecule has 0 bridgehead atoms. The molecular weight excluding hydrogens is 342 g/mol. The van der Waals surface area contributed by atoms with E-state index in [1.54, 1.807) is 35.0 Å². The van der Waals surface area contributed by atoms with Gasteiger partial charge in [-0.3, -0.25) is 9.59 Å². The van der Waals surface area contributed by atoms with E-state index in [0.717, 1.165) is 16.5 Å². The third-order valence-corrected chi connectivity index (χ3v) is 4.07. The first-order valence-corrected chi connectivity index (χ1v) is 8.27. The van der Waals surface area contributed by atoms with Crippen molar-refractivity contribution in [2.24, 2.45) is 0 Å². The molecule has 1 heterocycles. The number of fused-ring (bicyclic) bond motifs is 1. The average Bonchev–Trinajstić information content (AvgIpc) is 2.96. The molecule has 6 nitrogen and oxygen atoms in total. The Balaban J connectivity index is 2.02. The quantitative estimate of drug-likeness (QED) is 0.538. The Labute approximate surface area is 156 Å². The summed E-state index contributed by atoms with van der Waals surface area (Å²) in [5.74, 6) is -1.49. The maximum Gasteiger partial charge on any atom is 0.323 e. The van der Waals surface area contributed by atoms with E-state index in [4.69, 9.17) is 5.11 Å². The normalized spacial score (nSPS) is 11.2. The third-order valence-electron chi connectivity index (χ3n) is 4.07. The van der Waals surface area contributed by atoms with Crippen LogP contribution >= 0.6 is 0 Å². The summed E-state index contributed by atoms with van der Waals surface area (Å²) >= 11 is 0. The van der Waals surface area contributed by atoms with Crippen LogP contribution in [0.2, 0.25) is 0 Å². The lowest BCUT2D eigenvalue weighted by Gasteiger charge is -2.03. The number of nitriles is 1. The first kappa shape index (κ1) is 18.0. The van der Waals surface area contributed by atoms with E-state index in [1.165, 1.54) is 6.08 Å². The monoisotopic (exact) mass is 359 g/mol. The Hall–Kier alpha value is -3.85. The molecule has 0 saturated heterocycles. The van der Waals surface area contributed by atoms with Crippen molar-refractivity contribution in [3.05, 3.63) is 71.4 Å². The Morgan fingerprint density at radius 2 is 1.96 bits per heavy atom. The number of carboxylic acid groups (broad SMARTS) is 1. The Morgan fingerprint density at radius 1 is 1.22 bits per heavy atom.